The lowest BCUT2D eigenvalue weighted by molar-refractivity contribution is -0.0383. The number of methoxy groups -OCH3 is 1. The molecule has 1 unspecified atom stereocenters. The van der Waals surface area contributed by atoms with Crippen LogP contribution in [0.1, 0.15) is 44.3 Å². The molecule has 1 aromatic heterocycles. The Hall–Kier alpha value is -0.580. The van der Waals surface area contributed by atoms with Crippen molar-refractivity contribution in [3.8, 4) is 0 Å². The van der Waals surface area contributed by atoms with Crippen LogP contribution in [0.2, 0.25) is 5.02 Å². The van der Waals surface area contributed by atoms with E-state index < -0.39 is 0 Å². The first kappa shape index (κ1) is 13.8. The molecule has 1 fully saturated rings. The molecule has 1 atom stereocenters. The van der Waals surface area contributed by atoms with Crippen LogP contribution in [0.15, 0.2) is 6.20 Å². The topological polar surface area (TPSA) is 39.1 Å². The van der Waals surface area contributed by atoms with Crippen LogP contribution in [0.3, 0.4) is 0 Å². The second-order valence-electron chi connectivity index (χ2n) is 4.97. The molecule has 4 nitrogen and oxygen atoms in total. The van der Waals surface area contributed by atoms with E-state index in [1.807, 2.05) is 11.7 Å². The number of aryl methyl sites for hydroxylation is 1. The summed E-state index contributed by atoms with van der Waals surface area (Å²) in [5.74, 6) is 0. The third-order valence-corrected chi connectivity index (χ3v) is 4.29. The molecule has 0 bridgehead atoms. The van der Waals surface area contributed by atoms with E-state index in [0.29, 0.717) is 5.02 Å². The van der Waals surface area contributed by atoms with Gasteiger partial charge in [-0.3, -0.25) is 4.68 Å². The highest BCUT2D eigenvalue weighted by Gasteiger charge is 2.44. The van der Waals surface area contributed by atoms with Gasteiger partial charge in [0.2, 0.25) is 0 Å². The highest BCUT2D eigenvalue weighted by atomic mass is 35.5. The molecule has 1 saturated carbocycles. The van der Waals surface area contributed by atoms with Gasteiger partial charge in [-0.2, -0.15) is 5.10 Å². The quantitative estimate of drug-likeness (QED) is 0.895. The first-order chi connectivity index (χ1) is 8.64. The van der Waals surface area contributed by atoms with Gasteiger partial charge in [-0.15, -0.1) is 0 Å². The zero-order valence-corrected chi connectivity index (χ0v) is 12.1. The highest BCUT2D eigenvalue weighted by Crippen LogP contribution is 2.43. The molecule has 0 aliphatic heterocycles. The molecule has 5 heteroatoms. The molecule has 0 radical (unpaired) electrons. The van der Waals surface area contributed by atoms with Gasteiger partial charge >= 0.3 is 0 Å². The Balaban J connectivity index is 2.39. The molecular formula is C13H22ClN3O. The zero-order valence-electron chi connectivity index (χ0n) is 11.4. The Morgan fingerprint density at radius 1 is 1.56 bits per heavy atom. The fourth-order valence-corrected chi connectivity index (χ4v) is 3.34. The normalized spacial score (nSPS) is 20.2. The average molecular weight is 272 g/mol. The number of hydrogen-bond acceptors (Lipinski definition) is 3. The number of likely N-dealkylation sites (N-methyl/N-ethyl adjacent to an activating group) is 1. The van der Waals surface area contributed by atoms with Gasteiger partial charge in [-0.1, -0.05) is 31.4 Å². The second-order valence-corrected chi connectivity index (χ2v) is 5.38. The van der Waals surface area contributed by atoms with E-state index in [1.165, 1.54) is 12.8 Å². The second kappa shape index (κ2) is 5.59. The number of nitrogens with zero attached hydrogens (tertiary/aromatic N) is 2. The number of ether oxygens (including phenoxy) is 1. The predicted molar refractivity (Wildman–Crippen MR) is 72.8 cm³/mol. The maximum absolute atomic E-state index is 6.29. The van der Waals surface area contributed by atoms with E-state index >= 15 is 0 Å². The number of aromatic nitrogens is 2. The molecule has 1 aliphatic rings. The van der Waals surface area contributed by atoms with E-state index in [-0.39, 0.29) is 11.6 Å². The fraction of sp³-hybridized carbons (Fsp3) is 0.769. The molecule has 1 aliphatic carbocycles. The van der Waals surface area contributed by atoms with Crippen molar-refractivity contribution in [2.24, 2.45) is 7.05 Å². The smallest absolute Gasteiger partial charge is 0.0888 e. The van der Waals surface area contributed by atoms with Crippen LogP contribution in [0.4, 0.5) is 0 Å². The zero-order chi connectivity index (χ0) is 13.2. The van der Waals surface area contributed by atoms with Gasteiger partial charge in [0, 0.05) is 14.2 Å². The third kappa shape index (κ3) is 2.29. The Labute approximate surface area is 114 Å². The van der Waals surface area contributed by atoms with Crippen LogP contribution in [-0.2, 0) is 11.8 Å². The number of rotatable bonds is 5. The van der Waals surface area contributed by atoms with E-state index in [0.717, 1.165) is 25.1 Å². The lowest BCUT2D eigenvalue weighted by atomic mass is 9.89. The van der Waals surface area contributed by atoms with Crippen LogP contribution in [0.25, 0.3) is 0 Å². The van der Waals surface area contributed by atoms with Gasteiger partial charge in [-0.25, -0.2) is 0 Å². The maximum atomic E-state index is 6.29. The fourth-order valence-electron chi connectivity index (χ4n) is 3.07. The molecule has 1 aromatic rings. The van der Waals surface area contributed by atoms with Gasteiger partial charge in [0.1, 0.15) is 0 Å². The van der Waals surface area contributed by atoms with Gasteiger partial charge < -0.3 is 10.1 Å². The largest absolute Gasteiger partial charge is 0.376 e. The van der Waals surface area contributed by atoms with Gasteiger partial charge in [0.25, 0.3) is 0 Å². The van der Waals surface area contributed by atoms with E-state index in [4.69, 9.17) is 16.3 Å². The SMILES string of the molecule is CCNC(c1c(Cl)cnn1C)C1(OC)CCCC1. The molecule has 18 heavy (non-hydrogen) atoms. The number of halogens is 1. The Morgan fingerprint density at radius 2 is 2.22 bits per heavy atom. The van der Waals surface area contributed by atoms with Crippen molar-refractivity contribution in [2.45, 2.75) is 44.2 Å². The van der Waals surface area contributed by atoms with Crippen LogP contribution >= 0.6 is 11.6 Å². The molecule has 102 valence electrons. The van der Waals surface area contributed by atoms with Crippen molar-refractivity contribution in [2.75, 3.05) is 13.7 Å². The van der Waals surface area contributed by atoms with Crippen molar-refractivity contribution in [3.63, 3.8) is 0 Å². The van der Waals surface area contributed by atoms with Crippen LogP contribution in [-0.4, -0.2) is 29.0 Å². The monoisotopic (exact) mass is 271 g/mol. The first-order valence-corrected chi connectivity index (χ1v) is 6.98. The van der Waals surface area contributed by atoms with Crippen molar-refractivity contribution in [1.82, 2.24) is 15.1 Å². The number of hydrogen-bond donors (Lipinski definition) is 1. The average Bonchev–Trinajstić information content (AvgIpc) is 2.96. The Kier molecular flexibility index (Phi) is 4.30. The summed E-state index contributed by atoms with van der Waals surface area (Å²) in [6.07, 6.45) is 6.28. The van der Waals surface area contributed by atoms with E-state index in [2.05, 4.69) is 17.3 Å². The van der Waals surface area contributed by atoms with Gasteiger partial charge in [0.15, 0.2) is 0 Å². The van der Waals surface area contributed by atoms with Crippen LogP contribution < -0.4 is 5.32 Å². The summed E-state index contributed by atoms with van der Waals surface area (Å²) < 4.78 is 7.74. The Bertz CT molecular complexity index is 379. The molecule has 1 heterocycles. The molecule has 0 aromatic carbocycles. The van der Waals surface area contributed by atoms with Crippen molar-refractivity contribution >= 4 is 11.6 Å². The van der Waals surface area contributed by atoms with Crippen molar-refractivity contribution in [1.29, 1.82) is 0 Å². The lowest BCUT2D eigenvalue weighted by Gasteiger charge is -2.37. The Morgan fingerprint density at radius 3 is 2.67 bits per heavy atom. The molecule has 0 amide bonds. The minimum atomic E-state index is -0.145. The molecule has 0 saturated heterocycles. The first-order valence-electron chi connectivity index (χ1n) is 6.60. The molecular weight excluding hydrogens is 250 g/mol. The summed E-state index contributed by atoms with van der Waals surface area (Å²) in [5.41, 5.74) is 0.884. The molecule has 2 rings (SSSR count). The summed E-state index contributed by atoms with van der Waals surface area (Å²) in [5, 5.41) is 8.49. The number of nitrogens with one attached hydrogen (secondary N) is 1. The lowest BCUT2D eigenvalue weighted by Crippen LogP contribution is -2.44. The van der Waals surface area contributed by atoms with E-state index in [9.17, 15) is 0 Å². The van der Waals surface area contributed by atoms with Crippen molar-refractivity contribution < 1.29 is 4.74 Å². The maximum Gasteiger partial charge on any atom is 0.0888 e. The minimum Gasteiger partial charge on any atom is -0.376 e. The van der Waals surface area contributed by atoms with Gasteiger partial charge in [0.05, 0.1) is 28.6 Å². The predicted octanol–water partition coefficient (Wildman–Crippen LogP) is 2.68. The summed E-state index contributed by atoms with van der Waals surface area (Å²) in [4.78, 5) is 0. The standard InChI is InChI=1S/C13H22ClN3O/c1-4-15-12(11-10(14)9-16-17(11)2)13(18-3)7-5-6-8-13/h9,12,15H,4-8H2,1-3H3. The van der Waals surface area contributed by atoms with Crippen molar-refractivity contribution in [3.05, 3.63) is 16.9 Å². The van der Waals surface area contributed by atoms with Crippen LogP contribution in [0.5, 0.6) is 0 Å². The molecule has 1 N–H and O–H groups in total. The minimum absolute atomic E-state index is 0.106. The van der Waals surface area contributed by atoms with E-state index in [1.54, 1.807) is 13.3 Å². The summed E-state index contributed by atoms with van der Waals surface area (Å²) in [7, 11) is 3.74. The third-order valence-electron chi connectivity index (χ3n) is 4.00. The summed E-state index contributed by atoms with van der Waals surface area (Å²) in [6, 6.07) is 0.106. The highest BCUT2D eigenvalue weighted by molar-refractivity contribution is 6.31. The van der Waals surface area contributed by atoms with Gasteiger partial charge in [-0.05, 0) is 19.4 Å². The molecule has 0 spiro atoms. The summed E-state index contributed by atoms with van der Waals surface area (Å²) in [6.45, 7) is 2.99. The van der Waals surface area contributed by atoms with Crippen LogP contribution in [0, 0.1) is 0 Å². The summed E-state index contributed by atoms with van der Waals surface area (Å²) >= 11 is 6.29.